The van der Waals surface area contributed by atoms with Crippen LogP contribution in [0, 0.1) is 0 Å². The maximum absolute atomic E-state index is 12.8. The maximum Gasteiger partial charge on any atom is 0.344 e. The fourth-order valence-corrected chi connectivity index (χ4v) is 4.31. The highest BCUT2D eigenvalue weighted by molar-refractivity contribution is 5.76. The van der Waals surface area contributed by atoms with Gasteiger partial charge in [-0.25, -0.2) is 4.79 Å². The van der Waals surface area contributed by atoms with Crippen LogP contribution >= 0.6 is 0 Å². The molecule has 0 spiro atoms. The molecule has 2 aromatic rings. The molecule has 1 N–H and O–H groups in total. The summed E-state index contributed by atoms with van der Waals surface area (Å²) in [5.41, 5.74) is 1.85. The number of hydrogen-bond donors (Lipinski definition) is 1. The highest BCUT2D eigenvalue weighted by atomic mass is 16.7. The van der Waals surface area contributed by atoms with Gasteiger partial charge in [-0.15, -0.1) is 0 Å². The lowest BCUT2D eigenvalue weighted by Gasteiger charge is -2.34. The first-order valence-electron chi connectivity index (χ1n) is 10.5. The van der Waals surface area contributed by atoms with Crippen molar-refractivity contribution in [3.63, 3.8) is 0 Å². The Hall–Kier alpha value is -2.62. The molecule has 4 heterocycles. The van der Waals surface area contributed by atoms with Crippen LogP contribution in [0.1, 0.15) is 30.2 Å². The molecule has 1 amide bonds. The van der Waals surface area contributed by atoms with E-state index in [0.717, 1.165) is 57.1 Å². The van der Waals surface area contributed by atoms with Crippen molar-refractivity contribution in [2.75, 3.05) is 46.1 Å². The summed E-state index contributed by atoms with van der Waals surface area (Å²) in [6.07, 6.45) is 4.76. The van der Waals surface area contributed by atoms with Crippen LogP contribution in [-0.4, -0.2) is 81.7 Å². The smallest absolute Gasteiger partial charge is 0.344 e. The Morgan fingerprint density at radius 1 is 1.07 bits per heavy atom. The van der Waals surface area contributed by atoms with Crippen LogP contribution in [0.5, 0.6) is 11.5 Å². The summed E-state index contributed by atoms with van der Waals surface area (Å²) in [6.45, 7) is 5.74. The molecule has 1 aromatic heterocycles. The fourth-order valence-electron chi connectivity index (χ4n) is 4.31. The second kappa shape index (κ2) is 8.25. The molecule has 3 aliphatic heterocycles. The molecule has 0 bridgehead atoms. The Morgan fingerprint density at radius 3 is 2.63 bits per heavy atom. The molecule has 5 rings (SSSR count). The van der Waals surface area contributed by atoms with Gasteiger partial charge in [0, 0.05) is 57.6 Å². The monoisotopic (exact) mass is 413 g/mol. The first-order chi connectivity index (χ1) is 14.7. The number of hydrogen-bond acceptors (Lipinski definition) is 7. The molecule has 3 aliphatic rings. The van der Waals surface area contributed by atoms with Crippen LogP contribution in [0.15, 0.2) is 30.6 Å². The Morgan fingerprint density at radius 2 is 1.83 bits per heavy atom. The molecule has 2 fully saturated rings. The van der Waals surface area contributed by atoms with Crippen molar-refractivity contribution in [2.24, 2.45) is 0 Å². The van der Waals surface area contributed by atoms with Crippen molar-refractivity contribution >= 4 is 6.03 Å². The Bertz CT molecular complexity index is 903. The van der Waals surface area contributed by atoms with Crippen molar-refractivity contribution < 1.29 is 19.4 Å². The minimum atomic E-state index is -0.687. The number of aliphatic hydroxyl groups is 1. The number of carbonyl (C=O) groups is 1. The third-order valence-corrected chi connectivity index (χ3v) is 6.07. The second-order valence-corrected chi connectivity index (χ2v) is 8.07. The van der Waals surface area contributed by atoms with Gasteiger partial charge >= 0.3 is 6.03 Å². The number of benzene rings is 1. The van der Waals surface area contributed by atoms with Gasteiger partial charge < -0.3 is 19.5 Å². The predicted octanol–water partition coefficient (Wildman–Crippen LogP) is 1.48. The van der Waals surface area contributed by atoms with Crippen LogP contribution in [-0.2, 0) is 6.54 Å². The van der Waals surface area contributed by atoms with Crippen LogP contribution in [0.2, 0.25) is 0 Å². The van der Waals surface area contributed by atoms with Crippen molar-refractivity contribution in [2.45, 2.75) is 25.6 Å². The lowest BCUT2D eigenvalue weighted by atomic mass is 10.1. The first kappa shape index (κ1) is 19.3. The molecule has 1 aromatic carbocycles. The van der Waals surface area contributed by atoms with E-state index in [1.165, 1.54) is 10.2 Å². The van der Waals surface area contributed by atoms with E-state index in [2.05, 4.69) is 16.1 Å². The molecule has 9 nitrogen and oxygen atoms in total. The normalized spacial score (nSPS) is 20.6. The zero-order valence-corrected chi connectivity index (χ0v) is 16.9. The molecule has 1 atom stereocenters. The van der Waals surface area contributed by atoms with Crippen LogP contribution in [0.3, 0.4) is 0 Å². The maximum atomic E-state index is 12.8. The zero-order chi connectivity index (χ0) is 20.5. The van der Waals surface area contributed by atoms with Crippen LogP contribution < -0.4 is 9.47 Å². The minimum absolute atomic E-state index is 0.141. The number of nitrogens with zero attached hydrogens (tertiary/aromatic N) is 5. The fraction of sp³-hybridized carbons (Fsp3) is 0.524. The van der Waals surface area contributed by atoms with E-state index in [0.29, 0.717) is 18.7 Å². The Labute approximate surface area is 175 Å². The van der Waals surface area contributed by atoms with E-state index in [9.17, 15) is 9.90 Å². The summed E-state index contributed by atoms with van der Waals surface area (Å²) in [4.78, 5) is 19.0. The number of fused-ring (bicyclic) bond motifs is 1. The van der Waals surface area contributed by atoms with Gasteiger partial charge in [0.2, 0.25) is 6.79 Å². The molecule has 2 saturated heterocycles. The number of piperazine rings is 1. The van der Waals surface area contributed by atoms with E-state index in [1.54, 1.807) is 12.4 Å². The summed E-state index contributed by atoms with van der Waals surface area (Å²) in [7, 11) is 0. The summed E-state index contributed by atoms with van der Waals surface area (Å²) in [5.74, 6) is 1.59. The number of carbonyl (C=O) groups excluding carboxylic acids is 1. The molecule has 0 aliphatic carbocycles. The van der Waals surface area contributed by atoms with Gasteiger partial charge in [-0.3, -0.25) is 9.80 Å². The lowest BCUT2D eigenvalue weighted by molar-refractivity contribution is 0.0190. The van der Waals surface area contributed by atoms with E-state index in [4.69, 9.17) is 9.47 Å². The third kappa shape index (κ3) is 3.88. The van der Waals surface area contributed by atoms with Crippen LogP contribution in [0.25, 0.3) is 0 Å². The summed E-state index contributed by atoms with van der Waals surface area (Å²) >= 11 is 0. The summed E-state index contributed by atoms with van der Waals surface area (Å²) in [6, 6.07) is 5.89. The number of aliphatic hydroxyl groups excluding tert-OH is 1. The minimum Gasteiger partial charge on any atom is -0.454 e. The molecule has 1 unspecified atom stereocenters. The molecule has 9 heteroatoms. The van der Waals surface area contributed by atoms with E-state index in [1.807, 2.05) is 21.9 Å². The van der Waals surface area contributed by atoms with Crippen LogP contribution in [0.4, 0.5) is 4.79 Å². The topological polar surface area (TPSA) is 83.3 Å². The molecular weight excluding hydrogens is 386 g/mol. The quantitative estimate of drug-likeness (QED) is 0.813. The average molecular weight is 413 g/mol. The van der Waals surface area contributed by atoms with Gasteiger partial charge in [0.25, 0.3) is 0 Å². The third-order valence-electron chi connectivity index (χ3n) is 6.07. The van der Waals surface area contributed by atoms with Crippen molar-refractivity contribution in [3.8, 4) is 11.5 Å². The highest BCUT2D eigenvalue weighted by Crippen LogP contribution is 2.32. The Balaban J connectivity index is 1.15. The van der Waals surface area contributed by atoms with Gasteiger partial charge in [-0.05, 0) is 30.5 Å². The van der Waals surface area contributed by atoms with Gasteiger partial charge in [-0.1, -0.05) is 6.07 Å². The molecule has 0 radical (unpaired) electrons. The van der Waals surface area contributed by atoms with E-state index < -0.39 is 6.23 Å². The number of ether oxygens (including phenoxy) is 2. The summed E-state index contributed by atoms with van der Waals surface area (Å²) < 4.78 is 12.2. The van der Waals surface area contributed by atoms with Gasteiger partial charge in [0.1, 0.15) is 6.23 Å². The number of rotatable bonds is 4. The second-order valence-electron chi connectivity index (χ2n) is 8.07. The summed E-state index contributed by atoms with van der Waals surface area (Å²) in [5, 5.41) is 14.7. The average Bonchev–Trinajstić information content (AvgIpc) is 3.54. The number of amides is 1. The van der Waals surface area contributed by atoms with Gasteiger partial charge in [-0.2, -0.15) is 9.78 Å². The zero-order valence-electron chi connectivity index (χ0n) is 16.9. The number of aromatic nitrogens is 2. The number of likely N-dealkylation sites (tertiary alicyclic amines) is 1. The van der Waals surface area contributed by atoms with Gasteiger partial charge in [0.05, 0.1) is 6.20 Å². The van der Waals surface area contributed by atoms with E-state index >= 15 is 0 Å². The lowest BCUT2D eigenvalue weighted by Crippen LogP contribution is -2.49. The molecule has 30 heavy (non-hydrogen) atoms. The van der Waals surface area contributed by atoms with Crippen molar-refractivity contribution in [1.29, 1.82) is 0 Å². The largest absolute Gasteiger partial charge is 0.454 e. The predicted molar refractivity (Wildman–Crippen MR) is 108 cm³/mol. The highest BCUT2D eigenvalue weighted by Gasteiger charge is 2.26. The Kier molecular flexibility index (Phi) is 5.32. The SMILES string of the molecule is O=C(N1CCN(Cc2ccc3c(c2)OCO3)CC1)n1cc(C(O)N2CCCC2)cn1. The van der Waals surface area contributed by atoms with Crippen molar-refractivity contribution in [3.05, 3.63) is 41.7 Å². The molecule has 0 saturated carbocycles. The first-order valence-corrected chi connectivity index (χ1v) is 10.5. The van der Waals surface area contributed by atoms with Crippen molar-refractivity contribution in [1.82, 2.24) is 24.5 Å². The standard InChI is InChI=1S/C21H27N5O4/c27-20(24-5-1-2-6-24)17-12-22-26(14-17)21(28)25-9-7-23(8-10-25)13-16-3-4-18-19(11-16)30-15-29-18/h3-4,11-12,14,20,27H,1-2,5-10,13,15H2. The molecular formula is C21H27N5O4. The van der Waals surface area contributed by atoms with E-state index in [-0.39, 0.29) is 12.8 Å². The molecule has 160 valence electrons. The van der Waals surface area contributed by atoms with Gasteiger partial charge in [0.15, 0.2) is 11.5 Å².